The van der Waals surface area contributed by atoms with Crippen molar-refractivity contribution in [2.24, 2.45) is 0 Å². The van der Waals surface area contributed by atoms with Gasteiger partial charge in [-0.05, 0) is 64.2 Å². The van der Waals surface area contributed by atoms with Crippen LogP contribution in [0.2, 0.25) is 10.3 Å². The van der Waals surface area contributed by atoms with Gasteiger partial charge in [0.25, 0.3) is 0 Å². The van der Waals surface area contributed by atoms with Crippen molar-refractivity contribution in [3.63, 3.8) is 0 Å². The predicted molar refractivity (Wildman–Crippen MR) is 151 cm³/mol. The summed E-state index contributed by atoms with van der Waals surface area (Å²) in [5, 5.41) is 10.4. The molecule has 12 nitrogen and oxygen atoms in total. The molecule has 0 aromatic carbocycles. The van der Waals surface area contributed by atoms with Crippen molar-refractivity contribution in [3.8, 4) is 24.2 Å². The molecule has 2 aliphatic heterocycles. The van der Waals surface area contributed by atoms with Crippen LogP contribution in [0, 0.1) is 24.2 Å². The van der Waals surface area contributed by atoms with Gasteiger partial charge in [0.15, 0.2) is 33.2 Å². The van der Waals surface area contributed by atoms with Crippen molar-refractivity contribution in [1.82, 2.24) is 39.0 Å². The summed E-state index contributed by atoms with van der Waals surface area (Å²) < 4.78 is 15.3. The van der Waals surface area contributed by atoms with E-state index in [1.165, 1.54) is 12.7 Å². The van der Waals surface area contributed by atoms with E-state index in [4.69, 9.17) is 39.1 Å². The van der Waals surface area contributed by atoms with E-state index in [0.717, 1.165) is 45.1 Å². The van der Waals surface area contributed by atoms with E-state index in [9.17, 15) is 5.11 Å². The van der Waals surface area contributed by atoms with Crippen molar-refractivity contribution in [2.45, 2.75) is 70.4 Å². The first-order chi connectivity index (χ1) is 19.3. The number of fused-ring (bicyclic) bond motifs is 2. The second-order valence-corrected chi connectivity index (χ2v) is 10.6. The molecule has 2 saturated heterocycles. The van der Waals surface area contributed by atoms with Gasteiger partial charge in [-0.1, -0.05) is 29.1 Å². The molecule has 2 aliphatic rings. The number of hydrogen-bond donors (Lipinski definition) is 1. The first-order valence-corrected chi connectivity index (χ1v) is 13.7. The number of terminal acetylenes is 1. The molecule has 2 unspecified atom stereocenters. The fourth-order valence-corrected chi connectivity index (χ4v) is 4.90. The number of aliphatic hydroxyl groups is 1. The Morgan fingerprint density at radius 3 is 1.76 bits per heavy atom. The Labute approximate surface area is 295 Å². The van der Waals surface area contributed by atoms with Crippen molar-refractivity contribution >= 4 is 45.5 Å². The summed E-state index contributed by atoms with van der Waals surface area (Å²) in [6, 6.07) is 0. The van der Waals surface area contributed by atoms with Crippen molar-refractivity contribution in [3.05, 3.63) is 34.6 Å². The van der Waals surface area contributed by atoms with Gasteiger partial charge in [0.1, 0.15) is 41.7 Å². The normalized spacial score (nSPS) is 18.5. The molecule has 0 radical (unpaired) electrons. The maximum atomic E-state index is 9.81. The predicted octanol–water partition coefficient (Wildman–Crippen LogP) is 1.29. The van der Waals surface area contributed by atoms with Crippen LogP contribution in [0.15, 0.2) is 12.7 Å². The summed E-state index contributed by atoms with van der Waals surface area (Å²) in [5.74, 6) is 9.20. The van der Waals surface area contributed by atoms with Crippen LogP contribution < -0.4 is 51.4 Å². The monoisotopic (exact) mass is 638 g/mol. The van der Waals surface area contributed by atoms with Gasteiger partial charge in [-0.2, -0.15) is 0 Å². The van der Waals surface area contributed by atoms with Crippen LogP contribution >= 0.6 is 23.2 Å². The second-order valence-electron chi connectivity index (χ2n) is 9.88. The molecule has 0 saturated carbocycles. The van der Waals surface area contributed by atoms with Gasteiger partial charge >= 0.3 is 51.4 Å². The quantitative estimate of drug-likeness (QED) is 0.193. The molecule has 15 heteroatoms. The van der Waals surface area contributed by atoms with Gasteiger partial charge in [0.05, 0.1) is 0 Å². The molecule has 0 aliphatic carbocycles. The van der Waals surface area contributed by atoms with Gasteiger partial charge in [0, 0.05) is 13.2 Å². The Bertz CT molecular complexity index is 1620. The van der Waals surface area contributed by atoms with Gasteiger partial charge in [-0.25, -0.2) is 29.9 Å². The zero-order valence-electron chi connectivity index (χ0n) is 23.6. The Morgan fingerprint density at radius 1 is 0.857 bits per heavy atom. The number of halogens is 2. The Balaban J connectivity index is 0.000000224. The Kier molecular flexibility index (Phi) is 12.7. The smallest absolute Gasteiger partial charge is 0.870 e. The third kappa shape index (κ3) is 7.86. The van der Waals surface area contributed by atoms with Gasteiger partial charge in [-0.15, -0.1) is 6.42 Å². The van der Waals surface area contributed by atoms with Crippen LogP contribution in [0.3, 0.4) is 0 Å². The number of hydrogen-bond acceptors (Lipinski definition) is 10. The van der Waals surface area contributed by atoms with Crippen LogP contribution in [-0.4, -0.2) is 68.4 Å². The molecule has 216 valence electrons. The molecule has 6 rings (SSSR count). The molecule has 2 fully saturated rings. The van der Waals surface area contributed by atoms with E-state index in [-0.39, 0.29) is 74.5 Å². The van der Waals surface area contributed by atoms with Gasteiger partial charge < -0.3 is 20.1 Å². The average Bonchev–Trinajstić information content (AvgIpc) is 3.53. The first kappa shape index (κ1) is 34.8. The minimum Gasteiger partial charge on any atom is -0.870 e. The molecule has 4 aromatic heterocycles. The molecule has 4 aromatic rings. The molecular formula is C27H29Cl2KN8O4. The summed E-state index contributed by atoms with van der Waals surface area (Å²) in [6.07, 6.45) is 14.1. The molecule has 0 bridgehead atoms. The number of rotatable bonds is 2. The third-order valence-corrected chi connectivity index (χ3v) is 6.91. The van der Waals surface area contributed by atoms with E-state index in [1.54, 1.807) is 13.8 Å². The zero-order chi connectivity index (χ0) is 28.3. The number of nitrogens with zero attached hydrogens (tertiary/aromatic N) is 8. The summed E-state index contributed by atoms with van der Waals surface area (Å²) >= 11 is 12.1. The average molecular weight is 640 g/mol. The minimum atomic E-state index is -1.11. The van der Waals surface area contributed by atoms with Crippen LogP contribution in [0.5, 0.6) is 0 Å². The molecule has 0 amide bonds. The fraction of sp³-hybridized carbons (Fsp3) is 0.481. The first-order valence-electron chi connectivity index (χ1n) is 13.0. The number of aromatic nitrogens is 8. The van der Waals surface area contributed by atoms with Crippen LogP contribution in [0.25, 0.3) is 22.3 Å². The van der Waals surface area contributed by atoms with Gasteiger partial charge in [-0.3, -0.25) is 9.13 Å². The summed E-state index contributed by atoms with van der Waals surface area (Å²) in [7, 11) is 0. The summed E-state index contributed by atoms with van der Waals surface area (Å²) in [4.78, 5) is 25.1. The standard InChI is InChI=1S/C15H17ClN4O2.C12H11ClN4O.K.H2O/c1-15(2,21)7-6-10-19-12-13(16)17-9-18-14(12)20(10)11-5-3-4-8-22-11;1-2-8-16-10-11(13)14-7-15-12(10)17(8)9-5-3-4-6-18-9;;/h9,11,21H,3-5,8H2,1-2H3;1,7,9H,3-6H2;;1H2/q;;+1;/p-1. The van der Waals surface area contributed by atoms with E-state index in [0.29, 0.717) is 45.7 Å². The largest absolute Gasteiger partial charge is 1.00 e. The second kappa shape index (κ2) is 15.3. The van der Waals surface area contributed by atoms with E-state index in [1.807, 2.05) is 9.13 Å². The molecule has 0 spiro atoms. The SMILES string of the molecule is C#Cc1nc2c(Cl)ncnc2n1C1CCCCO1.CC(C)(O)C#Cc1nc2c(Cl)ncnc2n1C1CCCCO1.[K+].[OH-]. The van der Waals surface area contributed by atoms with Crippen molar-refractivity contribution < 1.29 is 71.4 Å². The minimum absolute atomic E-state index is 0. The Hall–Kier alpha value is -1.72. The van der Waals surface area contributed by atoms with Crippen molar-refractivity contribution in [2.75, 3.05) is 13.2 Å². The van der Waals surface area contributed by atoms with E-state index >= 15 is 0 Å². The maximum Gasteiger partial charge on any atom is 1.00 e. The topological polar surface area (TPSA) is 156 Å². The number of imidazole rings is 2. The molecule has 2 N–H and O–H groups in total. The molecule has 2 atom stereocenters. The van der Waals surface area contributed by atoms with Gasteiger partial charge in [0.2, 0.25) is 0 Å². The maximum absolute atomic E-state index is 9.81. The van der Waals surface area contributed by atoms with Crippen LogP contribution in [0.4, 0.5) is 0 Å². The van der Waals surface area contributed by atoms with Crippen molar-refractivity contribution in [1.29, 1.82) is 0 Å². The van der Waals surface area contributed by atoms with Crippen LogP contribution in [-0.2, 0) is 9.47 Å². The molecule has 42 heavy (non-hydrogen) atoms. The summed E-state index contributed by atoms with van der Waals surface area (Å²) in [5.41, 5.74) is 1.16. The summed E-state index contributed by atoms with van der Waals surface area (Å²) in [6.45, 7) is 4.67. The Morgan fingerprint density at radius 2 is 1.33 bits per heavy atom. The fourth-order valence-electron chi connectivity index (χ4n) is 4.56. The molecule has 6 heterocycles. The van der Waals surface area contributed by atoms with E-state index < -0.39 is 5.60 Å². The third-order valence-electron chi connectivity index (χ3n) is 6.36. The van der Waals surface area contributed by atoms with Crippen LogP contribution in [0.1, 0.15) is 76.5 Å². The zero-order valence-corrected chi connectivity index (χ0v) is 28.2. The number of ether oxygens (including phenoxy) is 2. The van der Waals surface area contributed by atoms with E-state index in [2.05, 4.69) is 47.7 Å². The molecular weight excluding hydrogens is 610 g/mol.